The van der Waals surface area contributed by atoms with E-state index in [2.05, 4.69) is 87.4 Å². The Balaban J connectivity index is 2.34. The first-order valence-electron chi connectivity index (χ1n) is 7.34. The highest BCUT2D eigenvalue weighted by Gasteiger charge is 2.22. The summed E-state index contributed by atoms with van der Waals surface area (Å²) in [5.41, 5.74) is 4.28. The van der Waals surface area contributed by atoms with E-state index >= 15 is 0 Å². The zero-order valence-electron chi connectivity index (χ0n) is 13.0. The maximum atomic E-state index is 2.35. The third kappa shape index (κ3) is 3.49. The number of aryl methyl sites for hydroxylation is 1. The van der Waals surface area contributed by atoms with Crippen molar-refractivity contribution in [1.82, 2.24) is 4.90 Å². The predicted molar refractivity (Wildman–Crippen MR) is 87.3 cm³/mol. The summed E-state index contributed by atoms with van der Waals surface area (Å²) in [6.07, 6.45) is 0. The van der Waals surface area contributed by atoms with Crippen molar-refractivity contribution >= 4 is 0 Å². The molecule has 0 heterocycles. The molecule has 2 aromatic carbocycles. The molecule has 106 valence electrons. The van der Waals surface area contributed by atoms with Gasteiger partial charge in [-0.3, -0.25) is 0 Å². The monoisotopic (exact) mass is 267 g/mol. The number of rotatable bonds is 5. The van der Waals surface area contributed by atoms with Gasteiger partial charge in [-0.25, -0.2) is 0 Å². The van der Waals surface area contributed by atoms with Gasteiger partial charge in [0.25, 0.3) is 0 Å². The fraction of sp³-hybridized carbons (Fsp3) is 0.368. The topological polar surface area (TPSA) is 3.24 Å². The average Bonchev–Trinajstić information content (AvgIpc) is 2.45. The van der Waals surface area contributed by atoms with Crippen molar-refractivity contribution < 1.29 is 0 Å². The number of nitrogens with zero attached hydrogens (tertiary/aromatic N) is 1. The molecule has 0 aliphatic carbocycles. The molecular weight excluding hydrogens is 242 g/mol. The molecule has 2 atom stereocenters. The van der Waals surface area contributed by atoms with Crippen LogP contribution >= 0.6 is 0 Å². The molecule has 0 radical (unpaired) electrons. The summed E-state index contributed by atoms with van der Waals surface area (Å²) in [6, 6.07) is 19.6. The van der Waals surface area contributed by atoms with Crippen LogP contribution in [0.1, 0.15) is 35.4 Å². The largest absolute Gasteiger partial charge is 0.309 e. The average molecular weight is 267 g/mol. The Morgan fingerprint density at radius 2 is 1.50 bits per heavy atom. The molecule has 0 aliphatic rings. The van der Waals surface area contributed by atoms with Crippen molar-refractivity contribution in [2.75, 3.05) is 20.6 Å². The minimum Gasteiger partial charge on any atom is -0.309 e. The van der Waals surface area contributed by atoms with Crippen molar-refractivity contribution in [1.29, 1.82) is 0 Å². The first kappa shape index (κ1) is 14.8. The highest BCUT2D eigenvalue weighted by molar-refractivity contribution is 5.33. The smallest absolute Gasteiger partial charge is 0.00500 e. The second kappa shape index (κ2) is 6.71. The molecule has 1 nitrogen and oxygen atoms in total. The molecule has 20 heavy (non-hydrogen) atoms. The van der Waals surface area contributed by atoms with Crippen LogP contribution in [0.2, 0.25) is 0 Å². The van der Waals surface area contributed by atoms with Gasteiger partial charge in [-0.15, -0.1) is 0 Å². The fourth-order valence-electron chi connectivity index (χ4n) is 2.96. The van der Waals surface area contributed by atoms with Crippen molar-refractivity contribution in [3.05, 3.63) is 71.3 Å². The lowest BCUT2D eigenvalue weighted by molar-refractivity contribution is 0.351. The molecular formula is C19H25N. The molecule has 0 aromatic heterocycles. The molecule has 0 saturated carbocycles. The van der Waals surface area contributed by atoms with Crippen LogP contribution in [0.4, 0.5) is 0 Å². The van der Waals surface area contributed by atoms with E-state index in [1.54, 1.807) is 0 Å². The zero-order valence-corrected chi connectivity index (χ0v) is 13.0. The number of hydrogen-bond acceptors (Lipinski definition) is 1. The standard InChI is InChI=1S/C19H25N/c1-15-10-8-9-13-18(15)16(2)19(14-20(3)4)17-11-6-5-7-12-17/h5-13,16,19H,14H2,1-4H3. The number of likely N-dealkylation sites (N-methyl/N-ethyl adjacent to an activating group) is 1. The van der Waals surface area contributed by atoms with Gasteiger partial charge in [0.1, 0.15) is 0 Å². The van der Waals surface area contributed by atoms with E-state index in [0.717, 1.165) is 6.54 Å². The fourth-order valence-corrected chi connectivity index (χ4v) is 2.96. The minimum atomic E-state index is 0.515. The number of hydrogen-bond donors (Lipinski definition) is 0. The molecule has 0 bridgehead atoms. The van der Waals surface area contributed by atoms with E-state index in [-0.39, 0.29) is 0 Å². The van der Waals surface area contributed by atoms with Crippen molar-refractivity contribution in [2.45, 2.75) is 25.7 Å². The van der Waals surface area contributed by atoms with Crippen molar-refractivity contribution in [3.63, 3.8) is 0 Å². The second-order valence-electron chi connectivity index (χ2n) is 5.92. The summed E-state index contributed by atoms with van der Waals surface area (Å²) in [6.45, 7) is 5.63. The van der Waals surface area contributed by atoms with Crippen LogP contribution in [0.25, 0.3) is 0 Å². The summed E-state index contributed by atoms with van der Waals surface area (Å²) in [4.78, 5) is 2.28. The van der Waals surface area contributed by atoms with Crippen LogP contribution in [0.5, 0.6) is 0 Å². The Morgan fingerprint density at radius 1 is 0.900 bits per heavy atom. The van der Waals surface area contributed by atoms with E-state index in [1.165, 1.54) is 16.7 Å². The Morgan fingerprint density at radius 3 is 2.10 bits per heavy atom. The van der Waals surface area contributed by atoms with Crippen LogP contribution < -0.4 is 0 Å². The Hall–Kier alpha value is -1.60. The van der Waals surface area contributed by atoms with Gasteiger partial charge in [-0.05, 0) is 43.6 Å². The third-order valence-corrected chi connectivity index (χ3v) is 4.07. The molecule has 2 unspecified atom stereocenters. The molecule has 0 N–H and O–H groups in total. The van der Waals surface area contributed by atoms with Gasteiger partial charge >= 0.3 is 0 Å². The van der Waals surface area contributed by atoms with Gasteiger partial charge in [0.15, 0.2) is 0 Å². The maximum Gasteiger partial charge on any atom is 0.00500 e. The van der Waals surface area contributed by atoms with Gasteiger partial charge in [0, 0.05) is 12.5 Å². The van der Waals surface area contributed by atoms with Gasteiger partial charge < -0.3 is 4.90 Å². The highest BCUT2D eigenvalue weighted by atomic mass is 15.1. The Kier molecular flexibility index (Phi) is 4.97. The maximum absolute atomic E-state index is 2.35. The van der Waals surface area contributed by atoms with Gasteiger partial charge in [-0.2, -0.15) is 0 Å². The number of benzene rings is 2. The van der Waals surface area contributed by atoms with Crippen LogP contribution in [-0.4, -0.2) is 25.5 Å². The van der Waals surface area contributed by atoms with Crippen LogP contribution in [0.3, 0.4) is 0 Å². The van der Waals surface area contributed by atoms with E-state index in [0.29, 0.717) is 11.8 Å². The van der Waals surface area contributed by atoms with Crippen LogP contribution in [-0.2, 0) is 0 Å². The lowest BCUT2D eigenvalue weighted by Gasteiger charge is -2.28. The van der Waals surface area contributed by atoms with Crippen LogP contribution in [0.15, 0.2) is 54.6 Å². The predicted octanol–water partition coefficient (Wildman–Crippen LogP) is 4.44. The molecule has 2 aromatic rings. The zero-order chi connectivity index (χ0) is 14.5. The molecule has 0 amide bonds. The summed E-state index contributed by atoms with van der Waals surface area (Å²) >= 11 is 0. The van der Waals surface area contributed by atoms with Crippen molar-refractivity contribution in [3.8, 4) is 0 Å². The van der Waals surface area contributed by atoms with Crippen LogP contribution in [0, 0.1) is 6.92 Å². The molecule has 0 spiro atoms. The second-order valence-corrected chi connectivity index (χ2v) is 5.92. The Bertz CT molecular complexity index is 530. The lowest BCUT2D eigenvalue weighted by atomic mass is 9.81. The van der Waals surface area contributed by atoms with Crippen molar-refractivity contribution in [2.24, 2.45) is 0 Å². The van der Waals surface area contributed by atoms with E-state index in [1.807, 2.05) is 0 Å². The highest BCUT2D eigenvalue weighted by Crippen LogP contribution is 2.34. The van der Waals surface area contributed by atoms with Gasteiger partial charge in [0.2, 0.25) is 0 Å². The quantitative estimate of drug-likeness (QED) is 0.774. The first-order chi connectivity index (χ1) is 9.59. The third-order valence-electron chi connectivity index (χ3n) is 4.07. The summed E-state index contributed by atoms with van der Waals surface area (Å²) in [5, 5.41) is 0. The van der Waals surface area contributed by atoms with E-state index in [9.17, 15) is 0 Å². The molecule has 0 fully saturated rings. The Labute approximate surface area is 123 Å². The SMILES string of the molecule is Cc1ccccc1C(C)C(CN(C)C)c1ccccc1. The molecule has 0 aliphatic heterocycles. The normalized spacial score (nSPS) is 14.2. The summed E-state index contributed by atoms with van der Waals surface area (Å²) in [7, 11) is 4.31. The van der Waals surface area contributed by atoms with E-state index in [4.69, 9.17) is 0 Å². The molecule has 1 heteroatoms. The molecule has 0 saturated heterocycles. The summed E-state index contributed by atoms with van der Waals surface area (Å²) in [5.74, 6) is 1.04. The summed E-state index contributed by atoms with van der Waals surface area (Å²) < 4.78 is 0. The first-order valence-corrected chi connectivity index (χ1v) is 7.34. The lowest BCUT2D eigenvalue weighted by Crippen LogP contribution is -2.24. The van der Waals surface area contributed by atoms with Gasteiger partial charge in [-0.1, -0.05) is 61.5 Å². The molecule has 2 rings (SSSR count). The minimum absolute atomic E-state index is 0.515. The van der Waals surface area contributed by atoms with E-state index < -0.39 is 0 Å². The van der Waals surface area contributed by atoms with Gasteiger partial charge in [0.05, 0.1) is 0 Å².